The van der Waals surface area contributed by atoms with Crippen molar-refractivity contribution in [3.63, 3.8) is 0 Å². The maximum Gasteiger partial charge on any atom is 0.393 e. The predicted molar refractivity (Wildman–Crippen MR) is 127 cm³/mol. The first kappa shape index (κ1) is 21.4. The van der Waals surface area contributed by atoms with Crippen molar-refractivity contribution < 1.29 is 13.2 Å². The number of rotatable bonds is 5. The van der Waals surface area contributed by atoms with Crippen LogP contribution in [0.25, 0.3) is 21.6 Å². The minimum Gasteiger partial charge on any atom is -0.382 e. The Hall–Kier alpha value is -3.14. The van der Waals surface area contributed by atoms with Crippen LogP contribution in [-0.4, -0.2) is 45.2 Å². The van der Waals surface area contributed by atoms with Crippen LogP contribution in [0.15, 0.2) is 49.1 Å². The molecule has 1 saturated heterocycles. The van der Waals surface area contributed by atoms with E-state index in [2.05, 4.69) is 54.4 Å². The van der Waals surface area contributed by atoms with E-state index >= 15 is 0 Å². The van der Waals surface area contributed by atoms with E-state index in [1.807, 2.05) is 6.20 Å². The van der Waals surface area contributed by atoms with Crippen LogP contribution in [0.2, 0.25) is 0 Å². The zero-order chi connectivity index (χ0) is 23.3. The van der Waals surface area contributed by atoms with Crippen LogP contribution >= 0.6 is 11.3 Å². The number of alkyl halides is 3. The zero-order valence-electron chi connectivity index (χ0n) is 18.3. The monoisotopic (exact) mass is 484 g/mol. The molecule has 2 fully saturated rings. The highest BCUT2D eigenvalue weighted by Crippen LogP contribution is 2.50. The van der Waals surface area contributed by atoms with Crippen molar-refractivity contribution >= 4 is 33.1 Å². The van der Waals surface area contributed by atoms with Gasteiger partial charge in [0, 0.05) is 47.7 Å². The number of thiophene rings is 1. The highest BCUT2D eigenvalue weighted by molar-refractivity contribution is 7.18. The number of hydrogen-bond donors (Lipinski definition) is 2. The Bertz CT molecular complexity index is 1290. The third-order valence-electron chi connectivity index (χ3n) is 6.86. The number of imidazole rings is 1. The van der Waals surface area contributed by atoms with Crippen LogP contribution < -0.4 is 10.2 Å². The Labute approximate surface area is 198 Å². The van der Waals surface area contributed by atoms with Gasteiger partial charge in [-0.15, -0.1) is 11.3 Å². The summed E-state index contributed by atoms with van der Waals surface area (Å²) < 4.78 is 38.6. The van der Waals surface area contributed by atoms with Gasteiger partial charge in [-0.2, -0.15) is 13.2 Å². The normalized spacial score (nSPS) is 22.4. The van der Waals surface area contributed by atoms with Gasteiger partial charge in [-0.05, 0) is 55.0 Å². The molecule has 0 radical (unpaired) electrons. The summed E-state index contributed by atoms with van der Waals surface area (Å²) >= 11 is 1.10. The summed E-state index contributed by atoms with van der Waals surface area (Å²) in [6.07, 6.45) is 3.08. The van der Waals surface area contributed by atoms with Crippen molar-refractivity contribution in [2.75, 3.05) is 23.3 Å². The van der Waals surface area contributed by atoms with E-state index in [-0.39, 0.29) is 10.3 Å². The average Bonchev–Trinajstić information content (AvgIpc) is 3.52. The van der Waals surface area contributed by atoms with Gasteiger partial charge >= 0.3 is 6.18 Å². The molecule has 1 aliphatic carbocycles. The smallest absolute Gasteiger partial charge is 0.382 e. The van der Waals surface area contributed by atoms with Crippen molar-refractivity contribution in [2.24, 2.45) is 5.41 Å². The van der Waals surface area contributed by atoms with E-state index in [0.717, 1.165) is 72.0 Å². The molecular weight excluding hydrogens is 461 g/mol. The van der Waals surface area contributed by atoms with Gasteiger partial charge in [0.05, 0.1) is 11.8 Å². The Morgan fingerprint density at radius 2 is 1.97 bits per heavy atom. The molecule has 6 rings (SSSR count). The Kier molecular flexibility index (Phi) is 5.02. The van der Waals surface area contributed by atoms with Crippen LogP contribution in [-0.2, 0) is 6.42 Å². The minimum atomic E-state index is -4.22. The Morgan fingerprint density at radius 1 is 1.15 bits per heavy atom. The minimum absolute atomic E-state index is 0.230. The molecule has 3 aromatic heterocycles. The van der Waals surface area contributed by atoms with E-state index in [9.17, 15) is 13.2 Å². The SMILES string of the molecule is FC(F)(F)Cc1cc2c(N3CCC4(CC(Nc5ccc(-c6ncc[nH]6)cc5)C4)C3)ncnc2s1. The fourth-order valence-electron chi connectivity index (χ4n) is 5.35. The summed E-state index contributed by atoms with van der Waals surface area (Å²) in [7, 11) is 0. The Balaban J connectivity index is 1.10. The number of halogens is 3. The molecule has 1 saturated carbocycles. The molecule has 0 atom stereocenters. The van der Waals surface area contributed by atoms with Crippen LogP contribution in [0.4, 0.5) is 24.7 Å². The molecule has 1 aliphatic heterocycles. The summed E-state index contributed by atoms with van der Waals surface area (Å²) in [5.74, 6) is 1.62. The number of aromatic nitrogens is 4. The molecule has 0 amide bonds. The number of aromatic amines is 1. The lowest BCUT2D eigenvalue weighted by atomic mass is 9.65. The molecule has 0 unspecified atom stereocenters. The van der Waals surface area contributed by atoms with Crippen LogP contribution in [0.1, 0.15) is 24.1 Å². The third-order valence-corrected chi connectivity index (χ3v) is 7.90. The van der Waals surface area contributed by atoms with E-state index in [1.165, 1.54) is 6.33 Å². The Morgan fingerprint density at radius 3 is 2.71 bits per heavy atom. The van der Waals surface area contributed by atoms with Gasteiger partial charge in [0.25, 0.3) is 0 Å². The lowest BCUT2D eigenvalue weighted by Crippen LogP contribution is -2.46. The van der Waals surface area contributed by atoms with Gasteiger partial charge in [-0.3, -0.25) is 0 Å². The molecular formula is C24H23F3N6S. The van der Waals surface area contributed by atoms with E-state index in [4.69, 9.17) is 0 Å². The first-order valence-electron chi connectivity index (χ1n) is 11.3. The quantitative estimate of drug-likeness (QED) is 0.383. The summed E-state index contributed by atoms with van der Waals surface area (Å²) in [6.45, 7) is 1.74. The van der Waals surface area contributed by atoms with E-state index < -0.39 is 12.6 Å². The molecule has 2 N–H and O–H groups in total. The predicted octanol–water partition coefficient (Wildman–Crippen LogP) is 5.66. The highest BCUT2D eigenvalue weighted by atomic mass is 32.1. The number of hydrogen-bond acceptors (Lipinski definition) is 6. The van der Waals surface area contributed by atoms with Crippen LogP contribution in [0.3, 0.4) is 0 Å². The maximum absolute atomic E-state index is 12.9. The number of nitrogens with zero attached hydrogens (tertiary/aromatic N) is 4. The van der Waals surface area contributed by atoms with Crippen LogP contribution in [0.5, 0.6) is 0 Å². The largest absolute Gasteiger partial charge is 0.393 e. The lowest BCUT2D eigenvalue weighted by Gasteiger charge is -2.46. The van der Waals surface area contributed by atoms with Crippen molar-refractivity contribution in [3.8, 4) is 11.4 Å². The first-order valence-corrected chi connectivity index (χ1v) is 12.1. The van der Waals surface area contributed by atoms with Crippen molar-refractivity contribution in [2.45, 2.75) is 37.9 Å². The van der Waals surface area contributed by atoms with Gasteiger partial charge in [-0.25, -0.2) is 15.0 Å². The second-order valence-electron chi connectivity index (χ2n) is 9.36. The fourth-order valence-corrected chi connectivity index (χ4v) is 6.37. The van der Waals surface area contributed by atoms with Crippen LogP contribution in [0, 0.1) is 5.41 Å². The standard InChI is InChI=1S/C24H23F3N6S/c25-24(26,27)12-18-9-19-21(30-14-31-22(19)34-18)33-8-5-23(13-33)10-17(11-23)32-16-3-1-15(2-4-16)20-28-6-7-29-20/h1-4,6-7,9,14,17,32H,5,8,10-13H2,(H,28,29). The van der Waals surface area contributed by atoms with Gasteiger partial charge in [-0.1, -0.05) is 0 Å². The number of H-pyrrole nitrogens is 1. The number of anilines is 2. The molecule has 34 heavy (non-hydrogen) atoms. The summed E-state index contributed by atoms with van der Waals surface area (Å²) in [6, 6.07) is 10.3. The molecule has 6 nitrogen and oxygen atoms in total. The lowest BCUT2D eigenvalue weighted by molar-refractivity contribution is -0.126. The van der Waals surface area contributed by atoms with Gasteiger partial charge in [0.1, 0.15) is 22.8 Å². The molecule has 1 aromatic carbocycles. The molecule has 4 aromatic rings. The van der Waals surface area contributed by atoms with E-state index in [1.54, 1.807) is 12.3 Å². The molecule has 4 heterocycles. The second-order valence-corrected chi connectivity index (χ2v) is 10.5. The molecule has 0 bridgehead atoms. The average molecular weight is 485 g/mol. The van der Waals surface area contributed by atoms with Crippen molar-refractivity contribution in [1.29, 1.82) is 0 Å². The maximum atomic E-state index is 12.9. The van der Waals surface area contributed by atoms with Gasteiger partial charge < -0.3 is 15.2 Å². The first-order chi connectivity index (χ1) is 16.4. The summed E-state index contributed by atoms with van der Waals surface area (Å²) in [5.41, 5.74) is 2.38. The van der Waals surface area contributed by atoms with Gasteiger partial charge in [0.15, 0.2) is 0 Å². The number of fused-ring (bicyclic) bond motifs is 1. The number of benzene rings is 1. The third kappa shape index (κ3) is 4.11. The molecule has 2 aliphatic rings. The van der Waals surface area contributed by atoms with Gasteiger partial charge in [0.2, 0.25) is 0 Å². The fraction of sp³-hybridized carbons (Fsp3) is 0.375. The zero-order valence-corrected chi connectivity index (χ0v) is 19.1. The second kappa shape index (κ2) is 7.97. The highest BCUT2D eigenvalue weighted by Gasteiger charge is 2.49. The van der Waals surface area contributed by atoms with E-state index in [0.29, 0.717) is 10.9 Å². The summed E-state index contributed by atoms with van der Waals surface area (Å²) in [5, 5.41) is 4.36. The molecule has 1 spiro atoms. The van der Waals surface area contributed by atoms with Crippen molar-refractivity contribution in [1.82, 2.24) is 19.9 Å². The molecule has 176 valence electrons. The topological polar surface area (TPSA) is 69.7 Å². The number of nitrogens with one attached hydrogen (secondary N) is 2. The summed E-state index contributed by atoms with van der Waals surface area (Å²) in [4.78, 5) is 19.2. The molecule has 10 heteroatoms. The van der Waals surface area contributed by atoms with Crippen molar-refractivity contribution in [3.05, 3.63) is 53.9 Å².